The predicted molar refractivity (Wildman–Crippen MR) is 82.1 cm³/mol. The van der Waals surface area contributed by atoms with Crippen molar-refractivity contribution in [1.82, 2.24) is 5.32 Å². The molecule has 0 aromatic heterocycles. The zero-order valence-corrected chi connectivity index (χ0v) is 13.0. The van der Waals surface area contributed by atoms with Gasteiger partial charge in [-0.05, 0) is 49.6 Å². The monoisotopic (exact) mass is 298 g/mol. The average Bonchev–Trinajstić information content (AvgIpc) is 2.39. The molecule has 0 aliphatic heterocycles. The van der Waals surface area contributed by atoms with Crippen molar-refractivity contribution >= 4 is 17.5 Å². The van der Waals surface area contributed by atoms with Gasteiger partial charge in [-0.25, -0.2) is 0 Å². The molecule has 4 nitrogen and oxygen atoms in total. The number of halogens is 1. The van der Waals surface area contributed by atoms with Crippen LogP contribution in [-0.4, -0.2) is 25.1 Å². The number of hydrogen-bond donors (Lipinski definition) is 2. The fourth-order valence-corrected chi connectivity index (χ4v) is 1.90. The Bertz CT molecular complexity index is 449. The largest absolute Gasteiger partial charge is 0.481 e. The Morgan fingerprint density at radius 3 is 2.70 bits per heavy atom. The summed E-state index contributed by atoms with van der Waals surface area (Å²) in [5.74, 6) is 0.953. The molecule has 1 unspecified atom stereocenters. The van der Waals surface area contributed by atoms with E-state index >= 15 is 0 Å². The zero-order chi connectivity index (χ0) is 15.1. The Morgan fingerprint density at radius 2 is 2.10 bits per heavy atom. The van der Waals surface area contributed by atoms with Crippen molar-refractivity contribution in [1.29, 1.82) is 0 Å². The van der Waals surface area contributed by atoms with Crippen molar-refractivity contribution in [3.63, 3.8) is 0 Å². The first kappa shape index (κ1) is 16.8. The topological polar surface area (TPSA) is 64.3 Å². The third-order valence-electron chi connectivity index (χ3n) is 2.79. The van der Waals surface area contributed by atoms with E-state index in [4.69, 9.17) is 22.1 Å². The Labute approximate surface area is 125 Å². The van der Waals surface area contributed by atoms with E-state index in [1.165, 1.54) is 0 Å². The summed E-state index contributed by atoms with van der Waals surface area (Å²) in [7, 11) is 0. The highest BCUT2D eigenvalue weighted by Crippen LogP contribution is 2.24. The van der Waals surface area contributed by atoms with Crippen LogP contribution in [0.4, 0.5) is 0 Å². The molecule has 3 N–H and O–H groups in total. The molecule has 1 rings (SSSR count). The lowest BCUT2D eigenvalue weighted by Gasteiger charge is -2.18. The van der Waals surface area contributed by atoms with Crippen LogP contribution in [-0.2, 0) is 11.2 Å². The summed E-state index contributed by atoms with van der Waals surface area (Å²) in [5.41, 5.74) is 6.49. The summed E-state index contributed by atoms with van der Waals surface area (Å²) in [6, 6.07) is 5.34. The van der Waals surface area contributed by atoms with Crippen LogP contribution in [0.5, 0.6) is 5.75 Å². The maximum atomic E-state index is 11.9. The van der Waals surface area contributed by atoms with Crippen LogP contribution >= 0.6 is 11.6 Å². The number of ether oxygens (including phenoxy) is 1. The van der Waals surface area contributed by atoms with Crippen LogP contribution in [0.15, 0.2) is 18.2 Å². The van der Waals surface area contributed by atoms with Gasteiger partial charge in [-0.3, -0.25) is 4.79 Å². The first-order valence-corrected chi connectivity index (χ1v) is 7.24. The summed E-state index contributed by atoms with van der Waals surface area (Å²) in [6.45, 7) is 6.97. The van der Waals surface area contributed by atoms with Crippen molar-refractivity contribution in [3.8, 4) is 5.75 Å². The van der Waals surface area contributed by atoms with Crippen LogP contribution in [0.1, 0.15) is 26.3 Å². The average molecular weight is 299 g/mol. The molecule has 0 spiro atoms. The first-order valence-electron chi connectivity index (χ1n) is 6.87. The normalized spacial score (nSPS) is 12.3. The fourth-order valence-electron chi connectivity index (χ4n) is 1.71. The molecule has 0 aliphatic carbocycles. The van der Waals surface area contributed by atoms with E-state index in [1.54, 1.807) is 19.1 Å². The molecule has 112 valence electrons. The van der Waals surface area contributed by atoms with Gasteiger partial charge in [0.15, 0.2) is 6.10 Å². The van der Waals surface area contributed by atoms with Gasteiger partial charge >= 0.3 is 0 Å². The molecule has 20 heavy (non-hydrogen) atoms. The lowest BCUT2D eigenvalue weighted by atomic mass is 10.1. The van der Waals surface area contributed by atoms with Crippen molar-refractivity contribution in [2.75, 3.05) is 13.1 Å². The molecule has 0 heterocycles. The SMILES string of the molecule is CC(C)CNC(=O)C(C)Oc1ccc(Cl)cc1CCN. The highest BCUT2D eigenvalue weighted by Gasteiger charge is 2.16. The lowest BCUT2D eigenvalue weighted by Crippen LogP contribution is -2.38. The van der Waals surface area contributed by atoms with E-state index in [0.717, 1.165) is 5.56 Å². The summed E-state index contributed by atoms with van der Waals surface area (Å²) in [5, 5.41) is 3.49. The Balaban J connectivity index is 2.69. The number of nitrogens with two attached hydrogens (primary N) is 1. The molecule has 0 bridgehead atoms. The number of carbonyl (C=O) groups is 1. The molecular formula is C15H23ClN2O2. The van der Waals surface area contributed by atoms with Gasteiger partial charge in [0.1, 0.15) is 5.75 Å². The lowest BCUT2D eigenvalue weighted by molar-refractivity contribution is -0.127. The van der Waals surface area contributed by atoms with Gasteiger partial charge in [0.05, 0.1) is 0 Å². The summed E-state index contributed by atoms with van der Waals surface area (Å²) >= 11 is 5.96. The van der Waals surface area contributed by atoms with E-state index in [0.29, 0.717) is 36.2 Å². The van der Waals surface area contributed by atoms with Crippen LogP contribution in [0, 0.1) is 5.92 Å². The van der Waals surface area contributed by atoms with Crippen LogP contribution in [0.25, 0.3) is 0 Å². The van der Waals surface area contributed by atoms with Crippen molar-refractivity contribution in [3.05, 3.63) is 28.8 Å². The summed E-state index contributed by atoms with van der Waals surface area (Å²) in [4.78, 5) is 11.9. The minimum absolute atomic E-state index is 0.118. The number of benzene rings is 1. The molecule has 0 radical (unpaired) electrons. The van der Waals surface area contributed by atoms with Gasteiger partial charge in [-0.1, -0.05) is 25.4 Å². The predicted octanol–water partition coefficient (Wildman–Crippen LogP) is 2.38. The van der Waals surface area contributed by atoms with Gasteiger partial charge in [-0.15, -0.1) is 0 Å². The number of nitrogens with one attached hydrogen (secondary N) is 1. The Hall–Kier alpha value is -1.26. The second kappa shape index (κ2) is 8.12. The second-order valence-electron chi connectivity index (χ2n) is 5.19. The molecule has 1 amide bonds. The first-order chi connectivity index (χ1) is 9.43. The van der Waals surface area contributed by atoms with Crippen LogP contribution in [0.2, 0.25) is 5.02 Å². The van der Waals surface area contributed by atoms with Crippen LogP contribution < -0.4 is 15.8 Å². The molecule has 0 fully saturated rings. The third kappa shape index (κ3) is 5.39. The van der Waals surface area contributed by atoms with Gasteiger partial charge in [0.25, 0.3) is 5.91 Å². The highest BCUT2D eigenvalue weighted by molar-refractivity contribution is 6.30. The van der Waals surface area contributed by atoms with Gasteiger partial charge in [0.2, 0.25) is 0 Å². The molecular weight excluding hydrogens is 276 g/mol. The quantitative estimate of drug-likeness (QED) is 0.812. The van der Waals surface area contributed by atoms with Gasteiger partial charge in [0, 0.05) is 11.6 Å². The van der Waals surface area contributed by atoms with E-state index in [2.05, 4.69) is 5.32 Å². The van der Waals surface area contributed by atoms with Crippen molar-refractivity contribution in [2.24, 2.45) is 11.7 Å². The number of rotatable bonds is 7. The Kier molecular flexibility index (Phi) is 6.82. The van der Waals surface area contributed by atoms with Gasteiger partial charge < -0.3 is 15.8 Å². The highest BCUT2D eigenvalue weighted by atomic mass is 35.5. The molecule has 1 aromatic carbocycles. The smallest absolute Gasteiger partial charge is 0.260 e. The third-order valence-corrected chi connectivity index (χ3v) is 3.03. The second-order valence-corrected chi connectivity index (χ2v) is 5.63. The molecule has 0 saturated carbocycles. The molecule has 0 saturated heterocycles. The minimum Gasteiger partial charge on any atom is -0.481 e. The number of amides is 1. The maximum Gasteiger partial charge on any atom is 0.260 e. The summed E-state index contributed by atoms with van der Waals surface area (Å²) < 4.78 is 5.72. The van der Waals surface area contributed by atoms with E-state index in [1.807, 2.05) is 19.9 Å². The minimum atomic E-state index is -0.550. The fraction of sp³-hybridized carbons (Fsp3) is 0.533. The number of hydrogen-bond acceptors (Lipinski definition) is 3. The number of carbonyl (C=O) groups excluding carboxylic acids is 1. The van der Waals surface area contributed by atoms with Gasteiger partial charge in [-0.2, -0.15) is 0 Å². The van der Waals surface area contributed by atoms with Crippen LogP contribution in [0.3, 0.4) is 0 Å². The van der Waals surface area contributed by atoms with E-state index in [-0.39, 0.29) is 5.91 Å². The van der Waals surface area contributed by atoms with E-state index < -0.39 is 6.10 Å². The summed E-state index contributed by atoms with van der Waals surface area (Å²) in [6.07, 6.45) is 0.113. The van der Waals surface area contributed by atoms with Crippen molar-refractivity contribution in [2.45, 2.75) is 33.3 Å². The Morgan fingerprint density at radius 1 is 1.40 bits per heavy atom. The molecule has 1 atom stereocenters. The zero-order valence-electron chi connectivity index (χ0n) is 12.3. The maximum absolute atomic E-state index is 11.9. The van der Waals surface area contributed by atoms with Crippen molar-refractivity contribution < 1.29 is 9.53 Å². The standard InChI is InChI=1S/C15H23ClN2O2/c1-10(2)9-18-15(19)11(3)20-14-5-4-13(16)8-12(14)6-7-17/h4-5,8,10-11H,6-7,9,17H2,1-3H3,(H,18,19). The molecule has 1 aromatic rings. The molecule has 5 heteroatoms. The molecule has 0 aliphatic rings. The van der Waals surface area contributed by atoms with E-state index in [9.17, 15) is 4.79 Å².